The second-order valence-electron chi connectivity index (χ2n) is 4.97. The lowest BCUT2D eigenvalue weighted by molar-refractivity contribution is 0.100. The minimum Gasteiger partial charge on any atom is -0.497 e. The normalized spacial score (nSPS) is 10.3. The monoisotopic (exact) mass is 308 g/mol. The Morgan fingerprint density at radius 3 is 2.43 bits per heavy atom. The number of amides is 1. The van der Waals surface area contributed by atoms with Crippen LogP contribution in [0.3, 0.4) is 0 Å². The van der Waals surface area contributed by atoms with Crippen molar-refractivity contribution in [2.24, 2.45) is 0 Å². The Kier molecular flexibility index (Phi) is 4.05. The van der Waals surface area contributed by atoms with Crippen molar-refractivity contribution >= 4 is 5.91 Å². The van der Waals surface area contributed by atoms with Crippen LogP contribution in [0.1, 0.15) is 16.1 Å². The first-order valence-electron chi connectivity index (χ1n) is 7.12. The molecule has 3 aromatic rings. The molecule has 116 valence electrons. The molecule has 0 atom stereocenters. The number of carbonyl (C=O) groups excluding carboxylic acids is 1. The lowest BCUT2D eigenvalue weighted by Gasteiger charge is -2.06. The van der Waals surface area contributed by atoms with E-state index in [4.69, 9.17) is 4.74 Å². The summed E-state index contributed by atoms with van der Waals surface area (Å²) >= 11 is 0. The Balaban J connectivity index is 1.83. The van der Waals surface area contributed by atoms with Crippen molar-refractivity contribution in [3.63, 3.8) is 0 Å². The van der Waals surface area contributed by atoms with Crippen LogP contribution >= 0.6 is 0 Å². The molecule has 0 saturated heterocycles. The fourth-order valence-electron chi connectivity index (χ4n) is 2.20. The molecule has 0 bridgehead atoms. The van der Waals surface area contributed by atoms with Crippen molar-refractivity contribution in [1.29, 1.82) is 0 Å². The second kappa shape index (κ2) is 6.31. The van der Waals surface area contributed by atoms with Gasteiger partial charge in [0.25, 0.3) is 5.91 Å². The van der Waals surface area contributed by atoms with E-state index in [0.717, 1.165) is 17.0 Å². The summed E-state index contributed by atoms with van der Waals surface area (Å²) < 4.78 is 5.14. The minimum absolute atomic E-state index is 0.236. The van der Waals surface area contributed by atoms with Crippen molar-refractivity contribution in [3.05, 3.63) is 65.9 Å². The molecule has 1 N–H and O–H groups in total. The fourth-order valence-corrected chi connectivity index (χ4v) is 2.20. The molecule has 0 saturated carbocycles. The number of methoxy groups -OCH3 is 1. The molecule has 1 heterocycles. The van der Waals surface area contributed by atoms with Crippen LogP contribution in [0.2, 0.25) is 0 Å². The van der Waals surface area contributed by atoms with Gasteiger partial charge in [0, 0.05) is 11.1 Å². The first-order chi connectivity index (χ1) is 11.2. The quantitative estimate of drug-likeness (QED) is 0.804. The van der Waals surface area contributed by atoms with Gasteiger partial charge in [0.05, 0.1) is 12.8 Å². The van der Waals surface area contributed by atoms with Gasteiger partial charge in [0.15, 0.2) is 0 Å². The predicted molar refractivity (Wildman–Crippen MR) is 86.9 cm³/mol. The van der Waals surface area contributed by atoms with Gasteiger partial charge in [-0.2, -0.15) is 4.79 Å². The zero-order valence-corrected chi connectivity index (χ0v) is 12.9. The molecule has 0 aliphatic heterocycles. The van der Waals surface area contributed by atoms with Crippen LogP contribution in [-0.4, -0.2) is 28.1 Å². The van der Waals surface area contributed by atoms with Gasteiger partial charge < -0.3 is 4.74 Å². The summed E-state index contributed by atoms with van der Waals surface area (Å²) in [6, 6.07) is 16.5. The van der Waals surface area contributed by atoms with Crippen LogP contribution in [0.15, 0.2) is 54.6 Å². The maximum atomic E-state index is 12.2. The lowest BCUT2D eigenvalue weighted by Crippen LogP contribution is -2.25. The van der Waals surface area contributed by atoms with E-state index in [9.17, 15) is 4.79 Å². The van der Waals surface area contributed by atoms with E-state index in [1.54, 1.807) is 19.2 Å². The van der Waals surface area contributed by atoms with Crippen molar-refractivity contribution in [3.8, 4) is 17.0 Å². The van der Waals surface area contributed by atoms with E-state index in [-0.39, 0.29) is 5.91 Å². The van der Waals surface area contributed by atoms with Gasteiger partial charge in [-0.3, -0.25) is 4.79 Å². The molecule has 0 spiro atoms. The molecule has 1 aromatic heterocycles. The van der Waals surface area contributed by atoms with Gasteiger partial charge in [-0.15, -0.1) is 5.10 Å². The molecule has 0 aliphatic carbocycles. The summed E-state index contributed by atoms with van der Waals surface area (Å²) in [5.41, 5.74) is 5.65. The average molecular weight is 308 g/mol. The van der Waals surface area contributed by atoms with E-state index in [1.807, 2.05) is 49.4 Å². The number of hydrogen-bond donors (Lipinski definition) is 1. The van der Waals surface area contributed by atoms with Gasteiger partial charge in [-0.1, -0.05) is 18.2 Å². The summed E-state index contributed by atoms with van der Waals surface area (Å²) in [5.74, 6) is 0.538. The Labute approximate surface area is 133 Å². The van der Waals surface area contributed by atoms with E-state index in [1.165, 1.54) is 4.79 Å². The Bertz CT molecular complexity index is 810. The van der Waals surface area contributed by atoms with E-state index >= 15 is 0 Å². The number of hydrogen-bond acceptors (Lipinski definition) is 4. The minimum atomic E-state index is -0.236. The zero-order valence-electron chi connectivity index (χ0n) is 12.9. The summed E-state index contributed by atoms with van der Waals surface area (Å²) in [6.07, 6.45) is 0. The van der Waals surface area contributed by atoms with Gasteiger partial charge in [-0.25, -0.2) is 5.43 Å². The highest BCUT2D eigenvalue weighted by Gasteiger charge is 2.13. The second-order valence-corrected chi connectivity index (χ2v) is 4.97. The molecule has 0 unspecified atom stereocenters. The summed E-state index contributed by atoms with van der Waals surface area (Å²) in [4.78, 5) is 13.6. The standard InChI is InChI=1S/C17H16N4O2/c1-12-16(13-8-10-15(23-2)11-9-13)18-20-21(12)19-17(22)14-6-4-3-5-7-14/h3-11H,1-2H3,(H,19,22). The molecule has 6 nitrogen and oxygen atoms in total. The van der Waals surface area contributed by atoms with Crippen molar-refractivity contribution in [2.75, 3.05) is 12.5 Å². The van der Waals surface area contributed by atoms with Gasteiger partial charge >= 0.3 is 0 Å². The molecular formula is C17H16N4O2. The highest BCUT2D eigenvalue weighted by Crippen LogP contribution is 2.22. The summed E-state index contributed by atoms with van der Waals surface area (Å²) in [5, 5.41) is 8.15. The average Bonchev–Trinajstić information content (AvgIpc) is 2.96. The lowest BCUT2D eigenvalue weighted by atomic mass is 10.1. The number of rotatable bonds is 4. The molecule has 3 rings (SSSR count). The first-order valence-corrected chi connectivity index (χ1v) is 7.12. The Morgan fingerprint density at radius 2 is 1.78 bits per heavy atom. The van der Waals surface area contributed by atoms with Crippen LogP contribution < -0.4 is 10.2 Å². The van der Waals surface area contributed by atoms with Crippen LogP contribution in [0.5, 0.6) is 5.75 Å². The molecule has 0 aliphatic rings. The molecular weight excluding hydrogens is 292 g/mol. The third-order valence-electron chi connectivity index (χ3n) is 3.50. The number of ether oxygens (including phenoxy) is 1. The Morgan fingerprint density at radius 1 is 1.09 bits per heavy atom. The topological polar surface area (TPSA) is 69.0 Å². The predicted octanol–water partition coefficient (Wildman–Crippen LogP) is 2.65. The molecule has 0 fully saturated rings. The molecule has 2 aromatic carbocycles. The number of nitrogens with zero attached hydrogens (tertiary/aromatic N) is 3. The number of carbonyl (C=O) groups is 1. The highest BCUT2D eigenvalue weighted by atomic mass is 16.5. The van der Waals surface area contributed by atoms with E-state index in [0.29, 0.717) is 11.3 Å². The number of nitrogens with one attached hydrogen (secondary N) is 1. The van der Waals surface area contributed by atoms with Gasteiger partial charge in [-0.05, 0) is 48.5 Å². The Hall–Kier alpha value is -3.15. The van der Waals surface area contributed by atoms with Gasteiger partial charge in [0.1, 0.15) is 11.4 Å². The highest BCUT2D eigenvalue weighted by molar-refractivity contribution is 5.99. The maximum Gasteiger partial charge on any atom is 0.271 e. The van der Waals surface area contributed by atoms with Crippen molar-refractivity contribution < 1.29 is 9.53 Å². The maximum absolute atomic E-state index is 12.2. The number of aromatic nitrogens is 3. The molecule has 6 heteroatoms. The zero-order chi connectivity index (χ0) is 16.2. The molecule has 0 radical (unpaired) electrons. The van der Waals surface area contributed by atoms with Gasteiger partial charge in [0.2, 0.25) is 0 Å². The summed E-state index contributed by atoms with van der Waals surface area (Å²) in [7, 11) is 1.62. The molecule has 23 heavy (non-hydrogen) atoms. The smallest absolute Gasteiger partial charge is 0.271 e. The van der Waals surface area contributed by atoms with Crippen LogP contribution in [0, 0.1) is 6.92 Å². The fraction of sp³-hybridized carbons (Fsp3) is 0.118. The number of benzene rings is 2. The largest absolute Gasteiger partial charge is 0.497 e. The van der Waals surface area contributed by atoms with E-state index < -0.39 is 0 Å². The van der Waals surface area contributed by atoms with E-state index in [2.05, 4.69) is 15.7 Å². The van der Waals surface area contributed by atoms with Crippen molar-refractivity contribution in [2.45, 2.75) is 6.92 Å². The summed E-state index contributed by atoms with van der Waals surface area (Å²) in [6.45, 7) is 1.85. The third-order valence-corrected chi connectivity index (χ3v) is 3.50. The SMILES string of the molecule is COc1ccc(-c2nnn(NC(=O)c3ccccc3)c2C)cc1. The van der Waals surface area contributed by atoms with Crippen LogP contribution in [0.4, 0.5) is 0 Å². The first kappa shape index (κ1) is 14.8. The van der Waals surface area contributed by atoms with Crippen LogP contribution in [-0.2, 0) is 0 Å². The van der Waals surface area contributed by atoms with Crippen LogP contribution in [0.25, 0.3) is 11.3 Å². The van der Waals surface area contributed by atoms with Crippen molar-refractivity contribution in [1.82, 2.24) is 15.1 Å². The molecule has 1 amide bonds. The third kappa shape index (κ3) is 3.06.